The highest BCUT2D eigenvalue weighted by Gasteiger charge is 2.03. The number of nitrogens with zero attached hydrogens (tertiary/aromatic N) is 3. The summed E-state index contributed by atoms with van der Waals surface area (Å²) in [5.41, 5.74) is 7.89. The van der Waals surface area contributed by atoms with Gasteiger partial charge in [0, 0.05) is 31.4 Å². The predicted molar refractivity (Wildman–Crippen MR) is 84.0 cm³/mol. The molecule has 0 radical (unpaired) electrons. The fraction of sp³-hybridized carbons (Fsp3) is 0.333. The van der Waals surface area contributed by atoms with Crippen LogP contribution in [0.15, 0.2) is 36.7 Å². The van der Waals surface area contributed by atoms with Crippen LogP contribution < -0.4 is 16.0 Å². The number of para-hydroxylation sites is 1. The molecule has 1 aromatic carbocycles. The van der Waals surface area contributed by atoms with Crippen molar-refractivity contribution >= 4 is 17.3 Å². The molecule has 1 aromatic heterocycles. The SMILES string of the molecule is Cc1c(N)ncnc1NCCCN(C)c1ccccc1. The third-order valence-corrected chi connectivity index (χ3v) is 3.28. The summed E-state index contributed by atoms with van der Waals surface area (Å²) in [6.45, 7) is 3.76. The van der Waals surface area contributed by atoms with E-state index in [-0.39, 0.29) is 0 Å². The quantitative estimate of drug-likeness (QED) is 0.789. The van der Waals surface area contributed by atoms with Crippen molar-refractivity contribution in [1.82, 2.24) is 9.97 Å². The van der Waals surface area contributed by atoms with E-state index in [0.29, 0.717) is 5.82 Å². The molecule has 1 heterocycles. The minimum Gasteiger partial charge on any atom is -0.383 e. The lowest BCUT2D eigenvalue weighted by Gasteiger charge is -2.19. The number of benzene rings is 1. The van der Waals surface area contributed by atoms with Crippen molar-refractivity contribution in [2.45, 2.75) is 13.3 Å². The number of hydrogen-bond acceptors (Lipinski definition) is 5. The van der Waals surface area contributed by atoms with Gasteiger partial charge in [-0.3, -0.25) is 0 Å². The van der Waals surface area contributed by atoms with Gasteiger partial charge in [-0.05, 0) is 25.5 Å². The zero-order valence-corrected chi connectivity index (χ0v) is 12.0. The molecule has 106 valence electrons. The Kier molecular flexibility index (Phi) is 4.76. The molecular weight excluding hydrogens is 250 g/mol. The Bertz CT molecular complexity index is 541. The maximum absolute atomic E-state index is 5.75. The fourth-order valence-electron chi connectivity index (χ4n) is 1.98. The topological polar surface area (TPSA) is 67.1 Å². The fourth-order valence-corrected chi connectivity index (χ4v) is 1.98. The van der Waals surface area contributed by atoms with Gasteiger partial charge in [0.15, 0.2) is 0 Å². The largest absolute Gasteiger partial charge is 0.383 e. The lowest BCUT2D eigenvalue weighted by molar-refractivity contribution is 0.813. The van der Waals surface area contributed by atoms with Gasteiger partial charge >= 0.3 is 0 Å². The number of rotatable bonds is 6. The number of nitrogen functional groups attached to an aromatic ring is 1. The van der Waals surface area contributed by atoms with Gasteiger partial charge in [-0.15, -0.1) is 0 Å². The van der Waals surface area contributed by atoms with E-state index in [1.807, 2.05) is 13.0 Å². The molecule has 0 saturated carbocycles. The van der Waals surface area contributed by atoms with E-state index >= 15 is 0 Å². The lowest BCUT2D eigenvalue weighted by Crippen LogP contribution is -2.21. The van der Waals surface area contributed by atoms with Gasteiger partial charge in [0.1, 0.15) is 18.0 Å². The Morgan fingerprint density at radius 3 is 2.70 bits per heavy atom. The van der Waals surface area contributed by atoms with E-state index in [1.165, 1.54) is 12.0 Å². The van der Waals surface area contributed by atoms with E-state index in [4.69, 9.17) is 5.73 Å². The van der Waals surface area contributed by atoms with Crippen LogP contribution in [-0.2, 0) is 0 Å². The maximum Gasteiger partial charge on any atom is 0.134 e. The van der Waals surface area contributed by atoms with E-state index < -0.39 is 0 Å². The highest BCUT2D eigenvalue weighted by Crippen LogP contribution is 2.15. The van der Waals surface area contributed by atoms with Crippen molar-refractivity contribution in [2.24, 2.45) is 0 Å². The van der Waals surface area contributed by atoms with Crippen molar-refractivity contribution in [3.63, 3.8) is 0 Å². The highest BCUT2D eigenvalue weighted by molar-refractivity contribution is 5.53. The summed E-state index contributed by atoms with van der Waals surface area (Å²) in [4.78, 5) is 10.4. The average Bonchev–Trinajstić information content (AvgIpc) is 2.48. The Morgan fingerprint density at radius 1 is 1.20 bits per heavy atom. The third-order valence-electron chi connectivity index (χ3n) is 3.28. The summed E-state index contributed by atoms with van der Waals surface area (Å²) in [5, 5.41) is 3.30. The van der Waals surface area contributed by atoms with Crippen LogP contribution in [0.2, 0.25) is 0 Å². The maximum atomic E-state index is 5.75. The molecule has 0 spiro atoms. The van der Waals surface area contributed by atoms with Crippen molar-refractivity contribution in [1.29, 1.82) is 0 Å². The Balaban J connectivity index is 1.78. The highest BCUT2D eigenvalue weighted by atomic mass is 15.1. The molecule has 3 N–H and O–H groups in total. The molecular formula is C15H21N5. The molecule has 5 heteroatoms. The van der Waals surface area contributed by atoms with E-state index in [9.17, 15) is 0 Å². The normalized spacial score (nSPS) is 10.3. The minimum absolute atomic E-state index is 0.531. The number of nitrogens with one attached hydrogen (secondary N) is 1. The van der Waals surface area contributed by atoms with Crippen LogP contribution in [0.1, 0.15) is 12.0 Å². The summed E-state index contributed by atoms with van der Waals surface area (Å²) < 4.78 is 0. The monoisotopic (exact) mass is 271 g/mol. The molecule has 0 bridgehead atoms. The molecule has 0 atom stereocenters. The average molecular weight is 271 g/mol. The van der Waals surface area contributed by atoms with Crippen LogP contribution in [-0.4, -0.2) is 30.1 Å². The minimum atomic E-state index is 0.531. The molecule has 0 aliphatic carbocycles. The molecule has 5 nitrogen and oxygen atoms in total. The first-order valence-electron chi connectivity index (χ1n) is 6.75. The van der Waals surface area contributed by atoms with Gasteiger partial charge < -0.3 is 16.0 Å². The molecule has 0 fully saturated rings. The van der Waals surface area contributed by atoms with Crippen molar-refractivity contribution in [3.8, 4) is 0 Å². The Labute approximate surface area is 119 Å². The summed E-state index contributed by atoms with van der Waals surface area (Å²) in [6, 6.07) is 10.4. The van der Waals surface area contributed by atoms with E-state index in [2.05, 4.69) is 51.5 Å². The standard InChI is InChI=1S/C15H21N5/c1-12-14(16)18-11-19-15(12)17-9-6-10-20(2)13-7-4-3-5-8-13/h3-5,7-8,11H,6,9-10H2,1-2H3,(H3,16,17,18,19). The van der Waals surface area contributed by atoms with Gasteiger partial charge in [-0.25, -0.2) is 9.97 Å². The van der Waals surface area contributed by atoms with Crippen molar-refractivity contribution in [2.75, 3.05) is 36.1 Å². The smallest absolute Gasteiger partial charge is 0.134 e. The van der Waals surface area contributed by atoms with Crippen molar-refractivity contribution in [3.05, 3.63) is 42.2 Å². The molecule has 2 rings (SSSR count). The Hall–Kier alpha value is -2.30. The molecule has 0 aliphatic heterocycles. The van der Waals surface area contributed by atoms with Crippen LogP contribution in [0.5, 0.6) is 0 Å². The zero-order chi connectivity index (χ0) is 14.4. The third kappa shape index (κ3) is 3.60. The molecule has 0 amide bonds. The molecule has 0 saturated heterocycles. The molecule has 0 aliphatic rings. The van der Waals surface area contributed by atoms with Crippen molar-refractivity contribution < 1.29 is 0 Å². The van der Waals surface area contributed by atoms with E-state index in [0.717, 1.165) is 30.9 Å². The number of hydrogen-bond donors (Lipinski definition) is 2. The summed E-state index contributed by atoms with van der Waals surface area (Å²) in [7, 11) is 2.10. The molecule has 0 unspecified atom stereocenters. The number of anilines is 3. The number of aromatic nitrogens is 2. The summed E-state index contributed by atoms with van der Waals surface area (Å²) in [5.74, 6) is 1.35. The van der Waals surface area contributed by atoms with E-state index in [1.54, 1.807) is 0 Å². The van der Waals surface area contributed by atoms with Crippen LogP contribution in [0.3, 0.4) is 0 Å². The zero-order valence-electron chi connectivity index (χ0n) is 12.0. The van der Waals surface area contributed by atoms with Crippen LogP contribution >= 0.6 is 0 Å². The first-order valence-corrected chi connectivity index (χ1v) is 6.75. The van der Waals surface area contributed by atoms with Gasteiger partial charge in [0.25, 0.3) is 0 Å². The Morgan fingerprint density at radius 2 is 1.95 bits per heavy atom. The van der Waals surface area contributed by atoms with Crippen LogP contribution in [0.25, 0.3) is 0 Å². The first kappa shape index (κ1) is 14.1. The van der Waals surface area contributed by atoms with Gasteiger partial charge in [-0.1, -0.05) is 18.2 Å². The van der Waals surface area contributed by atoms with Gasteiger partial charge in [0.2, 0.25) is 0 Å². The van der Waals surface area contributed by atoms with Crippen LogP contribution in [0, 0.1) is 6.92 Å². The second kappa shape index (κ2) is 6.75. The van der Waals surface area contributed by atoms with Crippen LogP contribution in [0.4, 0.5) is 17.3 Å². The molecule has 20 heavy (non-hydrogen) atoms. The predicted octanol–water partition coefficient (Wildman–Crippen LogP) is 2.31. The summed E-state index contributed by atoms with van der Waals surface area (Å²) in [6.07, 6.45) is 2.51. The van der Waals surface area contributed by atoms with Gasteiger partial charge in [0.05, 0.1) is 0 Å². The summed E-state index contributed by atoms with van der Waals surface area (Å²) >= 11 is 0. The number of nitrogens with two attached hydrogens (primary N) is 1. The second-order valence-electron chi connectivity index (χ2n) is 4.77. The van der Waals surface area contributed by atoms with Gasteiger partial charge in [-0.2, -0.15) is 0 Å². The molecule has 2 aromatic rings. The first-order chi connectivity index (χ1) is 9.68. The lowest BCUT2D eigenvalue weighted by atomic mass is 10.2. The second-order valence-corrected chi connectivity index (χ2v) is 4.77.